The molecule has 0 aromatic heterocycles. The van der Waals surface area contributed by atoms with E-state index in [1.54, 1.807) is 12.1 Å². The van der Waals surface area contributed by atoms with Crippen LogP contribution in [0.15, 0.2) is 78.6 Å². The lowest BCUT2D eigenvalue weighted by Gasteiger charge is -2.29. The number of allylic oxidation sites excluding steroid dienone is 5. The Kier molecular flexibility index (Phi) is 23.1. The van der Waals surface area contributed by atoms with Gasteiger partial charge in [-0.05, 0) is 159 Å². The van der Waals surface area contributed by atoms with Crippen molar-refractivity contribution in [2.24, 2.45) is 11.8 Å². The Morgan fingerprint density at radius 2 is 0.971 bits per heavy atom. The van der Waals surface area contributed by atoms with E-state index < -0.39 is 54.6 Å². The maximum atomic E-state index is 15.1. The summed E-state index contributed by atoms with van der Waals surface area (Å²) in [6.45, 7) is -3.46. The van der Waals surface area contributed by atoms with Crippen LogP contribution in [0, 0.1) is 35.1 Å². The molecule has 3 aliphatic rings. The second-order valence-electron chi connectivity index (χ2n) is 19.2. The van der Waals surface area contributed by atoms with Gasteiger partial charge in [-0.3, -0.25) is 8.78 Å². The van der Waals surface area contributed by atoms with Crippen molar-refractivity contribution in [3.63, 3.8) is 0 Å². The Bertz CT molecular complexity index is 2100. The largest absolute Gasteiger partial charge is 0.484 e. The summed E-state index contributed by atoms with van der Waals surface area (Å²) >= 11 is 0. The van der Waals surface area contributed by atoms with Crippen LogP contribution in [0.3, 0.4) is 0 Å². The van der Waals surface area contributed by atoms with Gasteiger partial charge >= 0.3 is 12.4 Å². The Morgan fingerprint density at radius 3 is 1.49 bits per heavy atom. The van der Waals surface area contributed by atoms with Crippen molar-refractivity contribution >= 4 is 5.57 Å². The molecule has 3 aromatic carbocycles. The standard InChI is InChI=1S/C30H38F6O.C26H30F6O/c31-18-7-5-3-1-2-4-6-9-22-12-14-23(15-13-22)25-19-27(32)29(28(33)20-25)24-10-8-11-26(17-16-24)37-21-30(34,35)36;27-14-4-2-1-3-5-18-6-8-19(9-7-18)20-10-12-22(23(28)15-20)21-11-13-25(24(29)16-21)33-17-26(30,31)32/h10-11,16-17,19-20,22-23H,1-9,12-15,18,21H2;10-13,15-16,18-19H,1-9,14,17H2. The quantitative estimate of drug-likeness (QED) is 0.0696. The molecule has 2 nitrogen and oxygen atoms in total. The third-order valence-corrected chi connectivity index (χ3v) is 13.8. The number of hydrogen-bond acceptors (Lipinski definition) is 2. The van der Waals surface area contributed by atoms with Gasteiger partial charge in [0.15, 0.2) is 24.8 Å². The van der Waals surface area contributed by atoms with E-state index >= 15 is 8.78 Å². The molecule has 0 radical (unpaired) electrons. The molecule has 70 heavy (non-hydrogen) atoms. The summed E-state index contributed by atoms with van der Waals surface area (Å²) < 4.78 is 167. The zero-order chi connectivity index (χ0) is 50.5. The van der Waals surface area contributed by atoms with Gasteiger partial charge in [-0.15, -0.1) is 0 Å². The summed E-state index contributed by atoms with van der Waals surface area (Å²) in [4.78, 5) is 0. The van der Waals surface area contributed by atoms with Crippen molar-refractivity contribution < 1.29 is 62.2 Å². The molecule has 388 valence electrons. The molecule has 0 bridgehead atoms. The summed E-state index contributed by atoms with van der Waals surface area (Å²) in [5, 5.41) is 0. The van der Waals surface area contributed by atoms with Crippen LogP contribution in [0.5, 0.6) is 5.75 Å². The SMILES string of the molecule is FCCCCCCC1CCC(c2ccc(-c3ccc(OCC(F)(F)F)c(F)c3)c(F)c2)CC1.FCCCCCCCCCC1CCC(c2cc(F)c(C3=CCC=C(OCC(F)(F)F)C=C3)c(F)c2)CC1. The van der Waals surface area contributed by atoms with Crippen LogP contribution in [0.2, 0.25) is 0 Å². The lowest BCUT2D eigenvalue weighted by molar-refractivity contribution is -0.163. The van der Waals surface area contributed by atoms with Crippen molar-refractivity contribution in [2.75, 3.05) is 26.6 Å². The lowest BCUT2D eigenvalue weighted by Crippen LogP contribution is -2.19. The summed E-state index contributed by atoms with van der Waals surface area (Å²) in [5.74, 6) is -1.50. The number of unbranched alkanes of at least 4 members (excludes halogenated alkanes) is 9. The molecule has 2 saturated carbocycles. The normalized spacial score (nSPS) is 19.7. The molecule has 0 N–H and O–H groups in total. The molecular weight excluding hydrogens is 933 g/mol. The van der Waals surface area contributed by atoms with Crippen LogP contribution in [-0.4, -0.2) is 38.9 Å². The zero-order valence-corrected chi connectivity index (χ0v) is 40.0. The molecule has 3 aliphatic carbocycles. The predicted molar refractivity (Wildman–Crippen MR) is 253 cm³/mol. The molecule has 0 spiro atoms. The highest BCUT2D eigenvalue weighted by molar-refractivity contribution is 5.76. The minimum absolute atomic E-state index is 0.0198. The molecule has 2 fully saturated rings. The Hall–Kier alpha value is -4.36. The van der Waals surface area contributed by atoms with Gasteiger partial charge in [0.05, 0.1) is 18.9 Å². The van der Waals surface area contributed by atoms with Gasteiger partial charge in [0, 0.05) is 5.56 Å². The van der Waals surface area contributed by atoms with Crippen molar-refractivity contribution in [1.82, 2.24) is 0 Å². The molecule has 0 unspecified atom stereocenters. The fraction of sp³-hybridized carbons (Fsp3) is 0.571. The van der Waals surface area contributed by atoms with Gasteiger partial charge in [-0.2, -0.15) is 26.3 Å². The third-order valence-electron chi connectivity index (χ3n) is 13.8. The summed E-state index contributed by atoms with van der Waals surface area (Å²) in [5.41, 5.74) is 2.16. The fourth-order valence-corrected chi connectivity index (χ4v) is 10.00. The predicted octanol–water partition coefficient (Wildman–Crippen LogP) is 18.9. The first kappa shape index (κ1) is 56.6. The number of rotatable bonds is 23. The van der Waals surface area contributed by atoms with Gasteiger partial charge in [0.25, 0.3) is 0 Å². The van der Waals surface area contributed by atoms with Crippen molar-refractivity contribution in [1.29, 1.82) is 0 Å². The lowest BCUT2D eigenvalue weighted by atomic mass is 9.76. The zero-order valence-electron chi connectivity index (χ0n) is 40.0. The van der Waals surface area contributed by atoms with Crippen molar-refractivity contribution in [3.05, 3.63) is 119 Å². The average Bonchev–Trinajstić information content (AvgIpc) is 3.56. The monoisotopic (exact) mass is 1000 g/mol. The molecule has 0 aliphatic heterocycles. The van der Waals surface area contributed by atoms with Crippen LogP contribution in [0.4, 0.5) is 52.7 Å². The molecule has 0 atom stereocenters. The maximum Gasteiger partial charge on any atom is 0.422 e. The van der Waals surface area contributed by atoms with Crippen molar-refractivity contribution in [2.45, 2.75) is 165 Å². The van der Waals surface area contributed by atoms with E-state index in [9.17, 15) is 43.9 Å². The molecule has 0 amide bonds. The number of benzene rings is 3. The number of halogens is 12. The van der Waals surface area contributed by atoms with E-state index in [0.717, 1.165) is 101 Å². The number of ether oxygens (including phenoxy) is 2. The number of hydrogen-bond donors (Lipinski definition) is 0. The van der Waals surface area contributed by atoms with Crippen LogP contribution in [0.25, 0.3) is 16.7 Å². The second kappa shape index (κ2) is 28.6. The van der Waals surface area contributed by atoms with E-state index in [2.05, 4.69) is 4.74 Å². The molecule has 0 heterocycles. The average molecular weight is 1000 g/mol. The topological polar surface area (TPSA) is 18.5 Å². The highest BCUT2D eigenvalue weighted by Gasteiger charge is 2.30. The van der Waals surface area contributed by atoms with Crippen LogP contribution < -0.4 is 4.74 Å². The van der Waals surface area contributed by atoms with Gasteiger partial charge in [0.2, 0.25) is 0 Å². The highest BCUT2D eigenvalue weighted by Crippen LogP contribution is 2.41. The Labute approximate surface area is 406 Å². The fourth-order valence-electron chi connectivity index (χ4n) is 10.00. The number of alkyl halides is 8. The van der Waals surface area contributed by atoms with E-state index in [1.807, 2.05) is 6.07 Å². The van der Waals surface area contributed by atoms with Gasteiger partial charge in [0.1, 0.15) is 23.2 Å². The molecule has 3 aromatic rings. The summed E-state index contributed by atoms with van der Waals surface area (Å²) in [6, 6.07) is 11.2. The van der Waals surface area contributed by atoms with E-state index in [1.165, 1.54) is 81.0 Å². The minimum Gasteiger partial charge on any atom is -0.484 e. The summed E-state index contributed by atoms with van der Waals surface area (Å²) in [6.07, 6.45) is 18.8. The summed E-state index contributed by atoms with van der Waals surface area (Å²) in [7, 11) is 0. The van der Waals surface area contributed by atoms with Crippen LogP contribution >= 0.6 is 0 Å². The van der Waals surface area contributed by atoms with E-state index in [0.29, 0.717) is 30.2 Å². The smallest absolute Gasteiger partial charge is 0.422 e. The maximum absolute atomic E-state index is 15.1. The second-order valence-corrected chi connectivity index (χ2v) is 19.2. The molecular formula is C56H68F12O2. The minimum atomic E-state index is -4.57. The van der Waals surface area contributed by atoms with Gasteiger partial charge in [-0.1, -0.05) is 101 Å². The first-order chi connectivity index (χ1) is 33.5. The molecule has 0 saturated heterocycles. The van der Waals surface area contributed by atoms with E-state index in [-0.39, 0.29) is 59.6 Å². The molecule has 6 rings (SSSR count). The van der Waals surface area contributed by atoms with Gasteiger partial charge in [-0.25, -0.2) is 17.6 Å². The van der Waals surface area contributed by atoms with Crippen LogP contribution in [-0.2, 0) is 4.74 Å². The first-order valence-electron chi connectivity index (χ1n) is 25.2. The first-order valence-corrected chi connectivity index (χ1v) is 25.2. The Balaban J connectivity index is 0.000000262. The molecule has 14 heteroatoms. The van der Waals surface area contributed by atoms with E-state index in [4.69, 9.17) is 4.74 Å². The van der Waals surface area contributed by atoms with Gasteiger partial charge < -0.3 is 9.47 Å². The van der Waals surface area contributed by atoms with Crippen LogP contribution in [0.1, 0.15) is 170 Å². The third kappa shape index (κ3) is 19.3. The van der Waals surface area contributed by atoms with Crippen molar-refractivity contribution in [3.8, 4) is 16.9 Å². The Morgan fingerprint density at radius 1 is 0.471 bits per heavy atom. The highest BCUT2D eigenvalue weighted by atomic mass is 19.4.